The first kappa shape index (κ1) is 41.2. The molecular formula is C36H58O17. The molecule has 3 aliphatic heterocycles. The maximum absolute atomic E-state index is 12.5. The van der Waals surface area contributed by atoms with Crippen LogP contribution in [0, 0.1) is 17.8 Å². The molecule has 0 spiro atoms. The van der Waals surface area contributed by atoms with Gasteiger partial charge in [-0.05, 0) is 76.0 Å². The van der Waals surface area contributed by atoms with Gasteiger partial charge in [0, 0.05) is 18.4 Å². The number of hydrogen-bond acceptors (Lipinski definition) is 17. The Morgan fingerprint density at radius 2 is 1.17 bits per heavy atom. The zero-order valence-corrected chi connectivity index (χ0v) is 29.7. The van der Waals surface area contributed by atoms with Gasteiger partial charge >= 0.3 is 5.97 Å². The summed E-state index contributed by atoms with van der Waals surface area (Å²) in [6, 6.07) is 0. The molecule has 53 heavy (non-hydrogen) atoms. The van der Waals surface area contributed by atoms with Gasteiger partial charge in [0.15, 0.2) is 12.6 Å². The zero-order valence-electron chi connectivity index (χ0n) is 29.7. The van der Waals surface area contributed by atoms with Gasteiger partial charge in [0.25, 0.3) is 0 Å². The van der Waals surface area contributed by atoms with Crippen LogP contribution in [0.2, 0.25) is 0 Å². The molecular weight excluding hydrogens is 704 g/mol. The number of carbonyl (C=O) groups is 1. The summed E-state index contributed by atoms with van der Waals surface area (Å²) in [7, 11) is 0. The first-order valence-corrected chi connectivity index (χ1v) is 19.2. The molecule has 304 valence electrons. The van der Waals surface area contributed by atoms with Gasteiger partial charge in [-0.1, -0.05) is 6.08 Å². The predicted octanol–water partition coefficient (Wildman–Crippen LogP) is -2.51. The van der Waals surface area contributed by atoms with Crippen LogP contribution >= 0.6 is 0 Å². The van der Waals surface area contributed by atoms with E-state index >= 15 is 0 Å². The number of hydrogen-bond donors (Lipinski definition) is 10. The fourth-order valence-corrected chi connectivity index (χ4v) is 8.92. The molecule has 3 heterocycles. The molecule has 3 saturated heterocycles. The Hall–Kier alpha value is -1.39. The van der Waals surface area contributed by atoms with Crippen molar-refractivity contribution in [1.29, 1.82) is 0 Å². The largest absolute Gasteiger partial charge is 0.460 e. The summed E-state index contributed by atoms with van der Waals surface area (Å²) in [6.45, 7) is -1.09. The molecule has 16 atom stereocenters. The lowest BCUT2D eigenvalue weighted by molar-refractivity contribution is -0.344. The fourth-order valence-electron chi connectivity index (χ4n) is 8.92. The molecule has 0 amide bonds. The number of aliphatic hydroxyl groups is 10. The van der Waals surface area contributed by atoms with E-state index < -0.39 is 123 Å². The lowest BCUT2D eigenvalue weighted by Gasteiger charge is -2.52. The molecule has 17 heteroatoms. The smallest absolute Gasteiger partial charge is 0.330 e. The van der Waals surface area contributed by atoms with Crippen molar-refractivity contribution in [3.8, 4) is 0 Å². The van der Waals surface area contributed by atoms with Crippen LogP contribution in [0.4, 0.5) is 0 Å². The fraction of sp³-hybridized carbons (Fsp3) is 0.917. The topological polar surface area (TPSA) is 275 Å². The van der Waals surface area contributed by atoms with Crippen LogP contribution in [0.15, 0.2) is 12.2 Å². The first-order chi connectivity index (χ1) is 25.3. The third-order valence-corrected chi connectivity index (χ3v) is 12.1. The highest BCUT2D eigenvalue weighted by Gasteiger charge is 2.53. The zero-order chi connectivity index (χ0) is 38.0. The molecule has 17 nitrogen and oxygen atoms in total. The van der Waals surface area contributed by atoms with E-state index in [0.29, 0.717) is 38.5 Å². The van der Waals surface area contributed by atoms with Crippen molar-refractivity contribution in [3.63, 3.8) is 0 Å². The number of fused-ring (bicyclic) bond motifs is 1. The molecule has 0 radical (unpaired) electrons. The van der Waals surface area contributed by atoms with Gasteiger partial charge in [-0.25, -0.2) is 4.79 Å². The van der Waals surface area contributed by atoms with Crippen molar-refractivity contribution in [2.24, 2.45) is 17.8 Å². The second kappa shape index (κ2) is 18.3. The summed E-state index contributed by atoms with van der Waals surface area (Å²) in [6.07, 6.45) is -11.0. The van der Waals surface area contributed by atoms with E-state index in [9.17, 15) is 55.9 Å². The number of rotatable bonds is 10. The van der Waals surface area contributed by atoms with Crippen LogP contribution < -0.4 is 0 Å². The van der Waals surface area contributed by atoms with E-state index in [1.54, 1.807) is 6.08 Å². The molecule has 0 aromatic rings. The van der Waals surface area contributed by atoms with Crippen molar-refractivity contribution in [2.45, 2.75) is 175 Å². The standard InChI is InChI=1S/C36H58O17/c37-14-25-28(42)30(44)32(46)35(52-25)50-23-12-20(40)11-22-21(23)13-24(34(49-22)17-4-8-19(39)9-5-17)51-36-33(47)31(45)29(43)26(53-36)15-48-27(41)10-3-16-1-6-18(38)7-2-16/h3,10,16-26,28-40,42-47H,1-2,4-9,11-15H2. The lowest BCUT2D eigenvalue weighted by atomic mass is 9.73. The van der Waals surface area contributed by atoms with Crippen molar-refractivity contribution in [1.82, 2.24) is 0 Å². The number of ether oxygens (including phenoxy) is 6. The number of carbonyl (C=O) groups excluding carboxylic acids is 1. The number of esters is 1. The van der Waals surface area contributed by atoms with E-state index in [0.717, 1.165) is 12.8 Å². The first-order valence-electron chi connectivity index (χ1n) is 19.2. The summed E-state index contributed by atoms with van der Waals surface area (Å²) in [5.74, 6) is -1.11. The van der Waals surface area contributed by atoms with E-state index in [-0.39, 0.29) is 37.2 Å². The van der Waals surface area contributed by atoms with E-state index in [2.05, 4.69) is 0 Å². The van der Waals surface area contributed by atoms with Gasteiger partial charge in [0.05, 0.1) is 49.3 Å². The van der Waals surface area contributed by atoms with E-state index in [4.69, 9.17) is 28.4 Å². The van der Waals surface area contributed by atoms with Crippen LogP contribution in [0.3, 0.4) is 0 Å². The average Bonchev–Trinajstić information content (AvgIpc) is 3.14. The predicted molar refractivity (Wildman–Crippen MR) is 178 cm³/mol. The van der Waals surface area contributed by atoms with Gasteiger partial charge in [0.2, 0.25) is 0 Å². The molecule has 6 fully saturated rings. The Bertz CT molecular complexity index is 1190. The van der Waals surface area contributed by atoms with Crippen molar-refractivity contribution < 1.29 is 84.3 Å². The molecule has 3 saturated carbocycles. The van der Waals surface area contributed by atoms with Crippen LogP contribution in [0.1, 0.15) is 70.6 Å². The molecule has 0 aromatic carbocycles. The quantitative estimate of drug-likeness (QED) is 0.0813. The molecule has 3 aliphatic carbocycles. The van der Waals surface area contributed by atoms with Crippen molar-refractivity contribution >= 4 is 5.97 Å². The third kappa shape index (κ3) is 9.77. The van der Waals surface area contributed by atoms with E-state index in [1.165, 1.54) is 6.08 Å². The molecule has 0 aromatic heterocycles. The van der Waals surface area contributed by atoms with Gasteiger partial charge in [-0.15, -0.1) is 0 Å². The monoisotopic (exact) mass is 762 g/mol. The summed E-state index contributed by atoms with van der Waals surface area (Å²) >= 11 is 0. The average molecular weight is 763 g/mol. The van der Waals surface area contributed by atoms with Crippen molar-refractivity contribution in [2.75, 3.05) is 13.2 Å². The number of aliphatic hydroxyl groups excluding tert-OH is 10. The highest BCUT2D eigenvalue weighted by atomic mass is 16.7. The Kier molecular flexibility index (Phi) is 14.2. The SMILES string of the molecule is O=C(C=CC1CCC(O)CC1)OCC1OC(OC2CC3C(OC4OC(CO)C(O)C(O)C4O)CC(O)CC3OC2C2CCC(O)CC2)C(O)C(O)C1O. The van der Waals surface area contributed by atoms with Gasteiger partial charge in [-0.2, -0.15) is 0 Å². The normalized spacial score (nSPS) is 49.7. The molecule has 16 unspecified atom stereocenters. The summed E-state index contributed by atoms with van der Waals surface area (Å²) in [5, 5.41) is 104. The Labute approximate surface area is 308 Å². The second-order valence-electron chi connectivity index (χ2n) is 15.9. The Balaban J connectivity index is 1.15. The van der Waals surface area contributed by atoms with Gasteiger partial charge in [-0.3, -0.25) is 0 Å². The third-order valence-electron chi connectivity index (χ3n) is 12.1. The van der Waals surface area contributed by atoms with Crippen LogP contribution in [0.25, 0.3) is 0 Å². The highest BCUT2D eigenvalue weighted by Crippen LogP contribution is 2.45. The number of allylic oxidation sites excluding steroid dienone is 1. The Morgan fingerprint density at radius 1 is 0.604 bits per heavy atom. The maximum atomic E-state index is 12.5. The van der Waals surface area contributed by atoms with Crippen LogP contribution in [0.5, 0.6) is 0 Å². The lowest BCUT2D eigenvalue weighted by Crippen LogP contribution is -2.63. The molecule has 6 rings (SSSR count). The summed E-state index contributed by atoms with van der Waals surface area (Å²) in [4.78, 5) is 12.5. The summed E-state index contributed by atoms with van der Waals surface area (Å²) < 4.78 is 36.1. The van der Waals surface area contributed by atoms with Crippen LogP contribution in [-0.4, -0.2) is 174 Å². The Morgan fingerprint density at radius 3 is 1.79 bits per heavy atom. The van der Waals surface area contributed by atoms with Crippen molar-refractivity contribution in [3.05, 3.63) is 12.2 Å². The summed E-state index contributed by atoms with van der Waals surface area (Å²) in [5.41, 5.74) is 0. The minimum Gasteiger partial charge on any atom is -0.460 e. The molecule has 0 bridgehead atoms. The van der Waals surface area contributed by atoms with E-state index in [1.807, 2.05) is 0 Å². The van der Waals surface area contributed by atoms with Gasteiger partial charge in [0.1, 0.15) is 55.4 Å². The van der Waals surface area contributed by atoms with Crippen LogP contribution in [-0.2, 0) is 33.2 Å². The minimum atomic E-state index is -1.71. The molecule has 6 aliphatic rings. The highest BCUT2D eigenvalue weighted by molar-refractivity contribution is 5.81. The second-order valence-corrected chi connectivity index (χ2v) is 15.9. The molecule has 10 N–H and O–H groups in total. The minimum absolute atomic E-state index is 0.0829. The maximum Gasteiger partial charge on any atom is 0.330 e. The van der Waals surface area contributed by atoms with Gasteiger partial charge < -0.3 is 79.5 Å².